The molecule has 0 bridgehead atoms. The number of Topliss-reactive ketones (excluding diaryl/α,β-unsaturated/α-hetero) is 1. The lowest BCUT2D eigenvalue weighted by atomic mass is 9.74. The Morgan fingerprint density at radius 1 is 1.26 bits per heavy atom. The Bertz CT molecular complexity index is 771. The van der Waals surface area contributed by atoms with E-state index in [9.17, 15) is 14.4 Å². The third-order valence-electron chi connectivity index (χ3n) is 4.79. The van der Waals surface area contributed by atoms with Crippen LogP contribution in [-0.4, -0.2) is 36.2 Å². The Morgan fingerprint density at radius 2 is 2.00 bits per heavy atom. The minimum atomic E-state index is -1.12. The second-order valence-corrected chi connectivity index (χ2v) is 6.82. The van der Waals surface area contributed by atoms with Crippen LogP contribution in [0, 0.1) is 0 Å². The van der Waals surface area contributed by atoms with Crippen molar-refractivity contribution in [2.24, 2.45) is 0 Å². The molecule has 144 valence electrons. The highest BCUT2D eigenvalue weighted by Crippen LogP contribution is 2.42. The van der Waals surface area contributed by atoms with Gasteiger partial charge in [0.2, 0.25) is 0 Å². The third-order valence-corrected chi connectivity index (χ3v) is 5.12. The largest absolute Gasteiger partial charge is 0.452 e. The molecule has 27 heavy (non-hydrogen) atoms. The molecule has 0 saturated heterocycles. The average Bonchev–Trinajstić information content (AvgIpc) is 2.67. The van der Waals surface area contributed by atoms with Crippen molar-refractivity contribution in [2.45, 2.75) is 38.1 Å². The Hall–Kier alpha value is -2.40. The summed E-state index contributed by atoms with van der Waals surface area (Å²) in [6.07, 6.45) is 8.70. The monoisotopic (exact) mass is 389 g/mol. The summed E-state index contributed by atoms with van der Waals surface area (Å²) in [5.41, 5.74) is -0.507. The summed E-state index contributed by atoms with van der Waals surface area (Å²) in [7, 11) is 1.57. The van der Waals surface area contributed by atoms with Crippen molar-refractivity contribution < 1.29 is 19.1 Å². The number of ether oxygens (including phenoxy) is 1. The second kappa shape index (κ2) is 9.51. The van der Waals surface area contributed by atoms with Gasteiger partial charge in [-0.15, -0.1) is 0 Å². The zero-order valence-corrected chi connectivity index (χ0v) is 16.4. The highest BCUT2D eigenvalue weighted by molar-refractivity contribution is 6.31. The number of carbonyl (C=O) groups is 3. The number of benzene rings is 1. The molecule has 6 heteroatoms. The molecule has 1 amide bonds. The number of nitrogens with zero attached hydrogens (tertiary/aromatic N) is 1. The normalized spacial score (nSPS) is 20.2. The van der Waals surface area contributed by atoms with E-state index in [-0.39, 0.29) is 5.78 Å². The number of hydrogen-bond acceptors (Lipinski definition) is 4. The van der Waals surface area contributed by atoms with Crippen LogP contribution in [0.15, 0.2) is 48.6 Å². The average molecular weight is 390 g/mol. The lowest BCUT2D eigenvalue weighted by molar-refractivity contribution is -0.155. The lowest BCUT2D eigenvalue weighted by Gasteiger charge is -2.43. The number of carbonyl (C=O) groups excluding carboxylic acids is 3. The lowest BCUT2D eigenvalue weighted by Crippen LogP contribution is -2.55. The van der Waals surface area contributed by atoms with Gasteiger partial charge in [-0.25, -0.2) is 4.79 Å². The summed E-state index contributed by atoms with van der Waals surface area (Å²) < 4.78 is 5.01. The molecule has 0 aromatic heterocycles. The first-order valence-electron chi connectivity index (χ1n) is 8.94. The van der Waals surface area contributed by atoms with Gasteiger partial charge in [0.15, 0.2) is 12.4 Å². The summed E-state index contributed by atoms with van der Waals surface area (Å²) in [4.78, 5) is 38.8. The van der Waals surface area contributed by atoms with Crippen LogP contribution >= 0.6 is 11.6 Å². The highest BCUT2D eigenvalue weighted by atomic mass is 35.5. The SMILES string of the molecule is C/C=C/C=C/C(=O)OCC(=O)N(C)C1(c2ccccc2Cl)CCCCC1=O. The molecular weight excluding hydrogens is 366 g/mol. The standard InChI is InChI=1S/C21H24ClNO4/c1-3-4-5-13-20(26)27-15-19(25)23(2)21(14-9-8-12-18(21)24)16-10-6-7-11-17(16)22/h3-7,10-11,13H,8-9,12,14-15H2,1-2H3/b4-3+,13-5+. The fourth-order valence-corrected chi connectivity index (χ4v) is 3.66. The van der Waals surface area contributed by atoms with Crippen molar-refractivity contribution in [3.8, 4) is 0 Å². The zero-order valence-electron chi connectivity index (χ0n) is 15.6. The predicted molar refractivity (Wildman–Crippen MR) is 104 cm³/mol. The van der Waals surface area contributed by atoms with Gasteiger partial charge in [-0.1, -0.05) is 48.0 Å². The molecule has 1 aromatic carbocycles. The molecule has 1 fully saturated rings. The molecule has 1 atom stereocenters. The van der Waals surface area contributed by atoms with Gasteiger partial charge in [-0.2, -0.15) is 0 Å². The van der Waals surface area contributed by atoms with E-state index >= 15 is 0 Å². The fraction of sp³-hybridized carbons (Fsp3) is 0.381. The molecule has 0 N–H and O–H groups in total. The molecule has 0 spiro atoms. The summed E-state index contributed by atoms with van der Waals surface area (Å²) in [5, 5.41) is 0.443. The van der Waals surface area contributed by atoms with E-state index < -0.39 is 24.0 Å². The number of likely N-dealkylation sites (N-methyl/N-ethyl adjacent to an activating group) is 1. The van der Waals surface area contributed by atoms with Crippen molar-refractivity contribution >= 4 is 29.3 Å². The van der Waals surface area contributed by atoms with Gasteiger partial charge >= 0.3 is 5.97 Å². The van der Waals surface area contributed by atoms with Crippen LogP contribution in [0.5, 0.6) is 0 Å². The number of hydrogen-bond donors (Lipinski definition) is 0. The van der Waals surface area contributed by atoms with Crippen molar-refractivity contribution in [3.05, 3.63) is 59.2 Å². The molecule has 1 unspecified atom stereocenters. The van der Waals surface area contributed by atoms with Gasteiger partial charge in [0.25, 0.3) is 5.91 Å². The maximum atomic E-state index is 12.9. The summed E-state index contributed by atoms with van der Waals surface area (Å²) in [6, 6.07) is 7.08. The van der Waals surface area contributed by atoms with Crippen molar-refractivity contribution in [2.75, 3.05) is 13.7 Å². The predicted octanol–water partition coefficient (Wildman–Crippen LogP) is 3.81. The Morgan fingerprint density at radius 3 is 2.67 bits per heavy atom. The van der Waals surface area contributed by atoms with Crippen LogP contribution in [0.1, 0.15) is 38.2 Å². The van der Waals surface area contributed by atoms with Gasteiger partial charge < -0.3 is 9.64 Å². The minimum Gasteiger partial charge on any atom is -0.452 e. The van der Waals surface area contributed by atoms with Crippen LogP contribution in [0.25, 0.3) is 0 Å². The Kier molecular flexibility index (Phi) is 7.36. The van der Waals surface area contributed by atoms with Gasteiger partial charge in [0, 0.05) is 30.1 Å². The Balaban J connectivity index is 2.23. The molecule has 2 rings (SSSR count). The maximum Gasteiger partial charge on any atom is 0.331 e. The molecule has 1 aliphatic carbocycles. The number of halogens is 1. The summed E-state index contributed by atoms with van der Waals surface area (Å²) >= 11 is 6.37. The molecule has 0 heterocycles. The first-order chi connectivity index (χ1) is 12.9. The highest BCUT2D eigenvalue weighted by Gasteiger charge is 2.47. The molecule has 0 radical (unpaired) electrons. The molecule has 1 aromatic rings. The zero-order chi connectivity index (χ0) is 19.9. The number of amides is 1. The van der Waals surface area contributed by atoms with Gasteiger partial charge in [-0.3, -0.25) is 9.59 Å². The smallest absolute Gasteiger partial charge is 0.331 e. The summed E-state index contributed by atoms with van der Waals surface area (Å²) in [6.45, 7) is 1.39. The van der Waals surface area contributed by atoms with Crippen molar-refractivity contribution in [1.29, 1.82) is 0 Å². The maximum absolute atomic E-state index is 12.9. The summed E-state index contributed by atoms with van der Waals surface area (Å²) in [5.74, 6) is -1.11. The molecule has 0 aliphatic heterocycles. The first kappa shape index (κ1) is 20.9. The van der Waals surface area contributed by atoms with E-state index in [0.717, 1.165) is 12.8 Å². The van der Waals surface area contributed by atoms with Gasteiger partial charge in [0.1, 0.15) is 5.54 Å². The molecule has 1 saturated carbocycles. The van der Waals surface area contributed by atoms with Crippen LogP contribution < -0.4 is 0 Å². The fourth-order valence-electron chi connectivity index (χ4n) is 3.37. The van der Waals surface area contributed by atoms with Gasteiger partial charge in [-0.05, 0) is 32.3 Å². The van der Waals surface area contributed by atoms with E-state index in [0.29, 0.717) is 23.4 Å². The van der Waals surface area contributed by atoms with E-state index in [4.69, 9.17) is 16.3 Å². The van der Waals surface area contributed by atoms with Crippen LogP contribution in [0.3, 0.4) is 0 Å². The van der Waals surface area contributed by atoms with E-state index in [2.05, 4.69) is 0 Å². The van der Waals surface area contributed by atoms with E-state index in [1.165, 1.54) is 17.1 Å². The van der Waals surface area contributed by atoms with Crippen LogP contribution in [0.2, 0.25) is 5.02 Å². The van der Waals surface area contributed by atoms with E-state index in [1.54, 1.807) is 43.5 Å². The van der Waals surface area contributed by atoms with Crippen molar-refractivity contribution in [3.63, 3.8) is 0 Å². The van der Waals surface area contributed by atoms with Crippen LogP contribution in [0.4, 0.5) is 0 Å². The van der Waals surface area contributed by atoms with Crippen LogP contribution in [-0.2, 0) is 24.7 Å². The third kappa shape index (κ3) is 4.66. The molecule has 5 nitrogen and oxygen atoms in total. The number of allylic oxidation sites excluding steroid dienone is 3. The topological polar surface area (TPSA) is 63.7 Å². The second-order valence-electron chi connectivity index (χ2n) is 6.42. The first-order valence-corrected chi connectivity index (χ1v) is 9.32. The minimum absolute atomic E-state index is 0.0444. The van der Waals surface area contributed by atoms with E-state index in [1.807, 2.05) is 6.92 Å². The van der Waals surface area contributed by atoms with Crippen molar-refractivity contribution in [1.82, 2.24) is 4.90 Å². The number of ketones is 1. The van der Waals surface area contributed by atoms with Gasteiger partial charge in [0.05, 0.1) is 0 Å². The number of rotatable bonds is 6. The molecular formula is C21H24ClNO4. The number of esters is 1. The quantitative estimate of drug-likeness (QED) is 0.421. The Labute approximate surface area is 164 Å². The molecule has 1 aliphatic rings.